The van der Waals surface area contributed by atoms with E-state index in [1.54, 1.807) is 6.92 Å². The molecule has 0 spiro atoms. The zero-order valence-corrected chi connectivity index (χ0v) is 13.8. The Hall–Kier alpha value is -2.49. The molecule has 0 aromatic carbocycles. The summed E-state index contributed by atoms with van der Waals surface area (Å²) in [5, 5.41) is 15.3. The van der Waals surface area contributed by atoms with Crippen LogP contribution in [0.4, 0.5) is 5.82 Å². The Labute approximate surface area is 138 Å². The summed E-state index contributed by atoms with van der Waals surface area (Å²) in [5.41, 5.74) is 6.49. The van der Waals surface area contributed by atoms with E-state index in [0.717, 1.165) is 19.5 Å². The van der Waals surface area contributed by atoms with Gasteiger partial charge in [-0.15, -0.1) is 5.10 Å². The first-order valence-electron chi connectivity index (χ1n) is 8.02. The number of nitrogen functional groups attached to an aromatic ring is 1. The van der Waals surface area contributed by atoms with E-state index in [9.17, 15) is 4.79 Å². The third-order valence-electron chi connectivity index (χ3n) is 4.04. The average molecular weight is 335 g/mol. The maximum Gasteiger partial charge on any atom is 0.360 e. The molecule has 0 unspecified atom stereocenters. The highest BCUT2D eigenvalue weighted by atomic mass is 16.6. The highest BCUT2D eigenvalue weighted by Gasteiger charge is 2.27. The summed E-state index contributed by atoms with van der Waals surface area (Å²) in [7, 11) is 0. The molecule has 3 heterocycles. The summed E-state index contributed by atoms with van der Waals surface area (Å²) in [6.07, 6.45) is 2.32. The molecule has 2 aromatic heterocycles. The normalized spacial score (nSPS) is 18.7. The summed E-state index contributed by atoms with van der Waals surface area (Å²) in [6, 6.07) is 0. The molecule has 0 bridgehead atoms. The minimum atomic E-state index is -0.515. The Balaban J connectivity index is 1.95. The lowest BCUT2D eigenvalue weighted by Crippen LogP contribution is -2.35. The first kappa shape index (κ1) is 16.4. The van der Waals surface area contributed by atoms with Crippen molar-refractivity contribution < 1.29 is 14.2 Å². The van der Waals surface area contributed by atoms with Crippen LogP contribution in [-0.2, 0) is 11.3 Å². The predicted octanol–water partition coefficient (Wildman–Crippen LogP) is 0.641. The van der Waals surface area contributed by atoms with Crippen LogP contribution in [0.2, 0.25) is 0 Å². The van der Waals surface area contributed by atoms with Crippen molar-refractivity contribution in [2.24, 2.45) is 5.92 Å². The van der Waals surface area contributed by atoms with Gasteiger partial charge in [-0.25, -0.2) is 9.42 Å². The molecule has 24 heavy (non-hydrogen) atoms. The fourth-order valence-electron chi connectivity index (χ4n) is 2.95. The molecule has 130 valence electrons. The SMILES string of the molecule is CCOC(=O)c1nnn(-c2nonc2N)c1CN1CCC[C@@H](C)C1. The van der Waals surface area contributed by atoms with Gasteiger partial charge in [-0.1, -0.05) is 12.1 Å². The average Bonchev–Trinajstić information content (AvgIpc) is 3.13. The molecule has 0 amide bonds. The lowest BCUT2D eigenvalue weighted by Gasteiger charge is -2.30. The van der Waals surface area contributed by atoms with Crippen molar-refractivity contribution in [3.8, 4) is 5.82 Å². The van der Waals surface area contributed by atoms with Crippen LogP contribution in [0.25, 0.3) is 5.82 Å². The van der Waals surface area contributed by atoms with Crippen molar-refractivity contribution >= 4 is 11.8 Å². The molecule has 10 nitrogen and oxygen atoms in total. The third kappa shape index (κ3) is 3.23. The van der Waals surface area contributed by atoms with E-state index in [1.807, 2.05) is 0 Å². The Morgan fingerprint density at radius 3 is 2.96 bits per heavy atom. The van der Waals surface area contributed by atoms with Crippen LogP contribution >= 0.6 is 0 Å². The van der Waals surface area contributed by atoms with Crippen LogP contribution in [-0.4, -0.2) is 55.9 Å². The lowest BCUT2D eigenvalue weighted by atomic mass is 10.00. The highest BCUT2D eigenvalue weighted by molar-refractivity contribution is 5.88. The first-order valence-corrected chi connectivity index (χ1v) is 8.02. The Morgan fingerprint density at radius 2 is 2.29 bits per heavy atom. The fourth-order valence-corrected chi connectivity index (χ4v) is 2.95. The summed E-state index contributed by atoms with van der Waals surface area (Å²) in [4.78, 5) is 14.5. The van der Waals surface area contributed by atoms with Crippen molar-refractivity contribution in [3.63, 3.8) is 0 Å². The number of carbonyl (C=O) groups is 1. The molecule has 1 aliphatic rings. The van der Waals surface area contributed by atoms with E-state index >= 15 is 0 Å². The van der Waals surface area contributed by atoms with Crippen molar-refractivity contribution in [1.29, 1.82) is 0 Å². The van der Waals surface area contributed by atoms with Crippen molar-refractivity contribution in [2.45, 2.75) is 33.2 Å². The zero-order chi connectivity index (χ0) is 17.1. The number of piperidine rings is 1. The lowest BCUT2D eigenvalue weighted by molar-refractivity contribution is 0.0516. The second-order valence-electron chi connectivity index (χ2n) is 5.97. The monoisotopic (exact) mass is 335 g/mol. The number of nitrogens with two attached hydrogens (primary N) is 1. The third-order valence-corrected chi connectivity index (χ3v) is 4.04. The molecule has 0 saturated carbocycles. The number of rotatable bonds is 5. The van der Waals surface area contributed by atoms with E-state index in [1.165, 1.54) is 11.1 Å². The molecule has 1 fully saturated rings. The van der Waals surface area contributed by atoms with Gasteiger partial charge in [0.05, 0.1) is 12.3 Å². The number of hydrogen-bond donors (Lipinski definition) is 1. The number of anilines is 1. The number of esters is 1. The number of hydrogen-bond acceptors (Lipinski definition) is 9. The highest BCUT2D eigenvalue weighted by Crippen LogP contribution is 2.22. The Kier molecular flexibility index (Phi) is 4.74. The number of likely N-dealkylation sites (tertiary alicyclic amines) is 1. The first-order chi connectivity index (χ1) is 11.6. The van der Waals surface area contributed by atoms with Crippen LogP contribution in [0, 0.1) is 5.92 Å². The topological polar surface area (TPSA) is 125 Å². The van der Waals surface area contributed by atoms with E-state index in [-0.39, 0.29) is 23.9 Å². The minimum absolute atomic E-state index is 0.0866. The Bertz CT molecular complexity index is 711. The van der Waals surface area contributed by atoms with E-state index in [2.05, 4.69) is 37.1 Å². The minimum Gasteiger partial charge on any atom is -0.461 e. The predicted molar refractivity (Wildman–Crippen MR) is 83.3 cm³/mol. The van der Waals surface area contributed by atoms with Gasteiger partial charge in [-0.3, -0.25) is 4.90 Å². The van der Waals surface area contributed by atoms with Gasteiger partial charge in [-0.2, -0.15) is 4.68 Å². The van der Waals surface area contributed by atoms with Gasteiger partial charge in [-0.05, 0) is 42.5 Å². The summed E-state index contributed by atoms with van der Waals surface area (Å²) < 4.78 is 11.1. The van der Waals surface area contributed by atoms with E-state index in [0.29, 0.717) is 18.2 Å². The van der Waals surface area contributed by atoms with Gasteiger partial charge in [0.15, 0.2) is 5.69 Å². The van der Waals surface area contributed by atoms with Crippen molar-refractivity contribution in [1.82, 2.24) is 30.2 Å². The van der Waals surface area contributed by atoms with Gasteiger partial charge in [0.1, 0.15) is 0 Å². The van der Waals surface area contributed by atoms with Crippen LogP contribution in [0.3, 0.4) is 0 Å². The number of nitrogens with zero attached hydrogens (tertiary/aromatic N) is 6. The molecule has 2 N–H and O–H groups in total. The van der Waals surface area contributed by atoms with Crippen LogP contribution in [0.5, 0.6) is 0 Å². The van der Waals surface area contributed by atoms with Crippen molar-refractivity contribution in [2.75, 3.05) is 25.4 Å². The second kappa shape index (κ2) is 6.95. The summed E-state index contributed by atoms with van der Waals surface area (Å²) in [6.45, 7) is 6.61. The zero-order valence-electron chi connectivity index (χ0n) is 13.8. The molecular formula is C14H21N7O3. The molecule has 2 aromatic rings. The largest absolute Gasteiger partial charge is 0.461 e. The fraction of sp³-hybridized carbons (Fsp3) is 0.643. The number of carbonyl (C=O) groups excluding carboxylic acids is 1. The molecule has 0 aliphatic carbocycles. The summed E-state index contributed by atoms with van der Waals surface area (Å²) in [5.74, 6) is 0.397. The van der Waals surface area contributed by atoms with Crippen LogP contribution in [0.1, 0.15) is 42.9 Å². The number of aromatic nitrogens is 5. The van der Waals surface area contributed by atoms with Gasteiger partial charge >= 0.3 is 5.97 Å². The molecular weight excluding hydrogens is 314 g/mol. The molecule has 10 heteroatoms. The molecule has 1 saturated heterocycles. The van der Waals surface area contributed by atoms with Crippen LogP contribution < -0.4 is 5.73 Å². The maximum atomic E-state index is 12.2. The quantitative estimate of drug-likeness (QED) is 0.783. The molecule has 1 aliphatic heterocycles. The van der Waals surface area contributed by atoms with Gasteiger partial charge < -0.3 is 10.5 Å². The van der Waals surface area contributed by atoms with Gasteiger partial charge in [0.2, 0.25) is 11.6 Å². The smallest absolute Gasteiger partial charge is 0.360 e. The molecule has 1 atom stereocenters. The van der Waals surface area contributed by atoms with E-state index < -0.39 is 5.97 Å². The summed E-state index contributed by atoms with van der Waals surface area (Å²) >= 11 is 0. The standard InChI is InChI=1S/C14H21N7O3/c1-3-23-14(22)11-10(8-20-6-4-5-9(2)7-20)21(19-16-11)13-12(15)17-24-18-13/h9H,3-8H2,1-2H3,(H2,15,17)/t9-/m1/s1. The number of ether oxygens (including phenoxy) is 1. The second-order valence-corrected chi connectivity index (χ2v) is 5.97. The van der Waals surface area contributed by atoms with Crippen LogP contribution in [0.15, 0.2) is 4.63 Å². The molecule has 3 rings (SSSR count). The Morgan fingerprint density at radius 1 is 1.46 bits per heavy atom. The van der Waals surface area contributed by atoms with Gasteiger partial charge in [0.25, 0.3) is 0 Å². The van der Waals surface area contributed by atoms with Crippen molar-refractivity contribution in [3.05, 3.63) is 11.4 Å². The van der Waals surface area contributed by atoms with Gasteiger partial charge in [0, 0.05) is 13.1 Å². The van der Waals surface area contributed by atoms with E-state index in [4.69, 9.17) is 10.5 Å². The maximum absolute atomic E-state index is 12.2. The molecule has 0 radical (unpaired) electrons.